The van der Waals surface area contributed by atoms with Crippen LogP contribution >= 0.6 is 0 Å². The van der Waals surface area contributed by atoms with E-state index < -0.39 is 24.5 Å². The van der Waals surface area contributed by atoms with E-state index in [9.17, 15) is 13.2 Å². The van der Waals surface area contributed by atoms with E-state index in [-0.39, 0.29) is 34.0 Å². The third kappa shape index (κ3) is 6.01. The maximum absolute atomic E-state index is 12.5. The largest absolute Gasteiger partial charge is 0.466 e. The molecule has 0 aliphatic heterocycles. The van der Waals surface area contributed by atoms with E-state index in [1.165, 1.54) is 18.9 Å². The molecule has 0 aromatic rings. The van der Waals surface area contributed by atoms with E-state index in [4.69, 9.17) is 18.1 Å². The van der Waals surface area contributed by atoms with Crippen molar-refractivity contribution >= 4 is 24.4 Å². The molecule has 0 spiro atoms. The van der Waals surface area contributed by atoms with Gasteiger partial charge in [0.25, 0.3) is 10.1 Å². The van der Waals surface area contributed by atoms with Crippen molar-refractivity contribution in [2.45, 2.75) is 123 Å². The Balaban J connectivity index is 1.61. The Morgan fingerprint density at radius 2 is 1.90 bits per heavy atom. The van der Waals surface area contributed by atoms with Crippen LogP contribution in [0.1, 0.15) is 86.5 Å². The van der Waals surface area contributed by atoms with Gasteiger partial charge in [-0.15, -0.1) is 0 Å². The van der Waals surface area contributed by atoms with Gasteiger partial charge in [0, 0.05) is 19.4 Å². The molecule has 4 fully saturated rings. The van der Waals surface area contributed by atoms with Gasteiger partial charge < -0.3 is 13.9 Å². The third-order valence-electron chi connectivity index (χ3n) is 11.5. The van der Waals surface area contributed by atoms with E-state index in [1.807, 2.05) is 0 Å². The van der Waals surface area contributed by atoms with E-state index in [0.29, 0.717) is 30.3 Å². The van der Waals surface area contributed by atoms with Crippen molar-refractivity contribution in [2.75, 3.05) is 20.0 Å². The highest BCUT2D eigenvalue weighted by Gasteiger charge is 2.72. The summed E-state index contributed by atoms with van der Waals surface area (Å²) in [4.78, 5) is 11.5. The zero-order valence-corrected chi connectivity index (χ0v) is 28.4. The molecule has 230 valence electrons. The second-order valence-electron chi connectivity index (χ2n) is 15.2. The fourth-order valence-corrected chi connectivity index (χ4v) is 10.5. The lowest BCUT2D eigenvalue weighted by Gasteiger charge is -2.45. The standard InChI is InChI=1S/C31H54O7SSi/c1-20(19-36-21(2)32)24-13-14-25-22(12-11-15-30(24,25)6)16-27(35-7)31-18-23(31)17-26(28(31)37-39(8,33)34)38-40(9,10)29(3,4)5/h16,20,23-28H,11-15,17-19H2,1-10H3/b22-16+/t20-,23-,24-,25+,26+,27-,28?,30-,31+/m1/s1. The van der Waals surface area contributed by atoms with Crippen LogP contribution < -0.4 is 0 Å². The zero-order valence-electron chi connectivity index (χ0n) is 26.5. The highest BCUT2D eigenvalue weighted by atomic mass is 32.2. The smallest absolute Gasteiger partial charge is 0.302 e. The Labute approximate surface area is 244 Å². The summed E-state index contributed by atoms with van der Waals surface area (Å²) in [5.41, 5.74) is 1.23. The molecule has 0 radical (unpaired) electrons. The van der Waals surface area contributed by atoms with E-state index in [2.05, 4.69) is 53.8 Å². The topological polar surface area (TPSA) is 88.1 Å². The van der Waals surface area contributed by atoms with Gasteiger partial charge in [0.05, 0.1) is 25.1 Å². The van der Waals surface area contributed by atoms with Crippen molar-refractivity contribution in [3.05, 3.63) is 11.6 Å². The van der Waals surface area contributed by atoms with Crippen LogP contribution in [0.4, 0.5) is 0 Å². The summed E-state index contributed by atoms with van der Waals surface area (Å²) >= 11 is 0. The number of carbonyl (C=O) groups excluding carboxylic acids is 1. The van der Waals surface area contributed by atoms with Gasteiger partial charge in [-0.1, -0.05) is 46.3 Å². The van der Waals surface area contributed by atoms with E-state index in [0.717, 1.165) is 44.8 Å². The lowest BCUT2D eigenvalue weighted by atomic mass is 9.61. The van der Waals surface area contributed by atoms with Crippen LogP contribution in [0.25, 0.3) is 0 Å². The van der Waals surface area contributed by atoms with Gasteiger partial charge in [-0.05, 0) is 92.2 Å². The number of methoxy groups -OCH3 is 1. The fourth-order valence-electron chi connectivity index (χ4n) is 8.50. The van der Waals surface area contributed by atoms with Crippen molar-refractivity contribution < 1.29 is 31.3 Å². The van der Waals surface area contributed by atoms with Crippen molar-refractivity contribution in [2.24, 2.45) is 34.5 Å². The number of esters is 1. The molecule has 1 unspecified atom stereocenters. The molecule has 0 aromatic heterocycles. The normalized spacial score (nSPS) is 38.5. The minimum atomic E-state index is -3.68. The molecular formula is C31H54O7SSi. The Bertz CT molecular complexity index is 1100. The van der Waals surface area contributed by atoms with Crippen molar-refractivity contribution in [1.29, 1.82) is 0 Å². The fraction of sp³-hybridized carbons (Fsp3) is 0.903. The summed E-state index contributed by atoms with van der Waals surface area (Å²) in [7, 11) is -4.06. The minimum absolute atomic E-state index is 0.0172. The Morgan fingerprint density at radius 1 is 1.23 bits per heavy atom. The predicted molar refractivity (Wildman–Crippen MR) is 160 cm³/mol. The van der Waals surface area contributed by atoms with Crippen LogP contribution in [0.5, 0.6) is 0 Å². The maximum atomic E-state index is 12.5. The van der Waals surface area contributed by atoms with Gasteiger partial charge in [-0.2, -0.15) is 8.42 Å². The summed E-state index contributed by atoms with van der Waals surface area (Å²) in [5.74, 6) is 1.40. The predicted octanol–water partition coefficient (Wildman–Crippen LogP) is 6.49. The Morgan fingerprint density at radius 3 is 2.48 bits per heavy atom. The minimum Gasteiger partial charge on any atom is -0.466 e. The van der Waals surface area contributed by atoms with Crippen LogP contribution in [-0.4, -0.2) is 61.0 Å². The van der Waals surface area contributed by atoms with Gasteiger partial charge in [0.1, 0.15) is 6.10 Å². The van der Waals surface area contributed by atoms with Crippen molar-refractivity contribution in [1.82, 2.24) is 0 Å². The van der Waals surface area contributed by atoms with Crippen molar-refractivity contribution in [3.8, 4) is 0 Å². The second kappa shape index (κ2) is 11.1. The van der Waals surface area contributed by atoms with Gasteiger partial charge in [0.15, 0.2) is 8.32 Å². The molecule has 40 heavy (non-hydrogen) atoms. The third-order valence-corrected chi connectivity index (χ3v) is 16.6. The molecule has 0 heterocycles. The number of hydrogen-bond donors (Lipinski definition) is 0. The first-order chi connectivity index (χ1) is 18.4. The second-order valence-corrected chi connectivity index (χ2v) is 21.5. The van der Waals surface area contributed by atoms with E-state index >= 15 is 0 Å². The molecule has 4 aliphatic rings. The summed E-state index contributed by atoms with van der Waals surface area (Å²) in [6.45, 7) is 17.7. The molecular weight excluding hydrogens is 544 g/mol. The van der Waals surface area contributed by atoms with Gasteiger partial charge in [-0.25, -0.2) is 0 Å². The summed E-state index contributed by atoms with van der Waals surface area (Å²) in [6.07, 6.45) is 9.83. The monoisotopic (exact) mass is 598 g/mol. The first-order valence-corrected chi connectivity index (χ1v) is 20.0. The number of fused-ring (bicyclic) bond motifs is 2. The first kappa shape index (κ1) is 32.2. The molecule has 9 atom stereocenters. The van der Waals surface area contributed by atoms with Crippen LogP contribution in [0.3, 0.4) is 0 Å². The molecule has 0 saturated heterocycles. The average molecular weight is 599 g/mol. The Hall–Kier alpha value is -0.743. The first-order valence-electron chi connectivity index (χ1n) is 15.3. The van der Waals surface area contributed by atoms with Gasteiger partial charge in [-0.3, -0.25) is 8.98 Å². The molecule has 0 aromatic carbocycles. The van der Waals surface area contributed by atoms with E-state index in [1.54, 1.807) is 7.11 Å². The van der Waals surface area contributed by atoms with Crippen LogP contribution in [-0.2, 0) is 33.0 Å². The summed E-state index contributed by atoms with van der Waals surface area (Å²) < 4.78 is 49.5. The zero-order chi connectivity index (χ0) is 29.9. The molecule has 9 heteroatoms. The number of rotatable bonds is 10. The van der Waals surface area contributed by atoms with Crippen molar-refractivity contribution in [3.63, 3.8) is 0 Å². The lowest BCUT2D eigenvalue weighted by Crippen LogP contribution is -2.50. The summed E-state index contributed by atoms with van der Waals surface area (Å²) in [5, 5.41) is 0.0172. The number of ether oxygens (including phenoxy) is 2. The SMILES string of the molecule is CO[C@H](/C=C1\CCC[C@]2(C)[C@@H]([C@H](C)COC(C)=O)CC[C@@H]12)[C@]12C[C@H]1C[C@H](O[Si](C)(C)C(C)(C)C)C2OS(C)(=O)=O. The molecule has 7 nitrogen and oxygen atoms in total. The molecule has 4 aliphatic carbocycles. The average Bonchev–Trinajstić information content (AvgIpc) is 3.30. The summed E-state index contributed by atoms with van der Waals surface area (Å²) in [6, 6.07) is 0. The number of carbonyl (C=O) groups is 1. The van der Waals surface area contributed by atoms with Crippen LogP contribution in [0, 0.1) is 34.5 Å². The number of allylic oxidation sites excluding steroid dienone is 1. The molecule has 0 N–H and O–H groups in total. The molecule has 4 saturated carbocycles. The molecule has 0 amide bonds. The van der Waals surface area contributed by atoms with Gasteiger partial charge in [0.2, 0.25) is 0 Å². The number of hydrogen-bond acceptors (Lipinski definition) is 7. The highest BCUT2D eigenvalue weighted by molar-refractivity contribution is 7.86. The Kier molecular flexibility index (Phi) is 8.91. The molecule has 0 bridgehead atoms. The highest BCUT2D eigenvalue weighted by Crippen LogP contribution is 2.69. The van der Waals surface area contributed by atoms with Crippen LogP contribution in [0.15, 0.2) is 11.6 Å². The lowest BCUT2D eigenvalue weighted by molar-refractivity contribution is -0.143. The van der Waals surface area contributed by atoms with Crippen LogP contribution in [0.2, 0.25) is 18.1 Å². The molecule has 4 rings (SSSR count). The quantitative estimate of drug-likeness (QED) is 0.123. The van der Waals surface area contributed by atoms with Gasteiger partial charge >= 0.3 is 5.97 Å². The maximum Gasteiger partial charge on any atom is 0.302 e.